The van der Waals surface area contributed by atoms with Crippen LogP contribution in [-0.4, -0.2) is 41.5 Å². The van der Waals surface area contributed by atoms with Gasteiger partial charge in [-0.25, -0.2) is 0 Å². The van der Waals surface area contributed by atoms with E-state index in [9.17, 15) is 0 Å². The lowest BCUT2D eigenvalue weighted by Crippen LogP contribution is -2.04. The standard InChI is InChI=1S/C11H21N3OS/c1-3-16-8-4-5-12-11-9-13-14(10-11)6-7-15-2/h9-10,12H,3-8H2,1-2H3. The average Bonchev–Trinajstić information content (AvgIpc) is 2.74. The van der Waals surface area contributed by atoms with Gasteiger partial charge >= 0.3 is 0 Å². The second-order valence-electron chi connectivity index (χ2n) is 3.46. The summed E-state index contributed by atoms with van der Waals surface area (Å²) in [5.74, 6) is 2.43. The summed E-state index contributed by atoms with van der Waals surface area (Å²) in [6.45, 7) is 4.72. The molecule has 1 aromatic rings. The van der Waals surface area contributed by atoms with Gasteiger partial charge in [-0.1, -0.05) is 6.92 Å². The van der Waals surface area contributed by atoms with E-state index in [2.05, 4.69) is 17.3 Å². The molecule has 1 rings (SSSR count). The number of aromatic nitrogens is 2. The minimum absolute atomic E-state index is 0.703. The van der Waals surface area contributed by atoms with Gasteiger partial charge in [0.25, 0.3) is 0 Å². The normalized spacial score (nSPS) is 10.6. The van der Waals surface area contributed by atoms with Crippen LogP contribution in [0.5, 0.6) is 0 Å². The molecule has 1 aromatic heterocycles. The molecule has 92 valence electrons. The van der Waals surface area contributed by atoms with Crippen LogP contribution in [-0.2, 0) is 11.3 Å². The van der Waals surface area contributed by atoms with Gasteiger partial charge in [0, 0.05) is 19.9 Å². The number of nitrogens with one attached hydrogen (secondary N) is 1. The van der Waals surface area contributed by atoms with E-state index in [0.29, 0.717) is 6.61 Å². The van der Waals surface area contributed by atoms with E-state index < -0.39 is 0 Å². The fraction of sp³-hybridized carbons (Fsp3) is 0.727. The summed E-state index contributed by atoms with van der Waals surface area (Å²) < 4.78 is 6.89. The van der Waals surface area contributed by atoms with Crippen LogP contribution >= 0.6 is 11.8 Å². The topological polar surface area (TPSA) is 39.1 Å². The maximum atomic E-state index is 5.00. The number of nitrogens with zero attached hydrogens (tertiary/aromatic N) is 2. The highest BCUT2D eigenvalue weighted by Crippen LogP contribution is 2.06. The monoisotopic (exact) mass is 243 g/mol. The van der Waals surface area contributed by atoms with Crippen LogP contribution in [0.3, 0.4) is 0 Å². The van der Waals surface area contributed by atoms with Gasteiger partial charge in [-0.15, -0.1) is 0 Å². The fourth-order valence-electron chi connectivity index (χ4n) is 1.31. The molecule has 5 heteroatoms. The highest BCUT2D eigenvalue weighted by atomic mass is 32.2. The van der Waals surface area contributed by atoms with Gasteiger partial charge in [0.1, 0.15) is 0 Å². The number of hydrogen-bond donors (Lipinski definition) is 1. The highest BCUT2D eigenvalue weighted by molar-refractivity contribution is 7.99. The summed E-state index contributed by atoms with van der Waals surface area (Å²) in [5, 5.41) is 7.60. The molecular weight excluding hydrogens is 222 g/mol. The number of methoxy groups -OCH3 is 1. The summed E-state index contributed by atoms with van der Waals surface area (Å²) in [7, 11) is 1.70. The zero-order valence-electron chi connectivity index (χ0n) is 10.1. The van der Waals surface area contributed by atoms with Crippen molar-refractivity contribution in [1.82, 2.24) is 9.78 Å². The third-order valence-electron chi connectivity index (χ3n) is 2.16. The van der Waals surface area contributed by atoms with Gasteiger partial charge in [-0.05, 0) is 17.9 Å². The van der Waals surface area contributed by atoms with Crippen molar-refractivity contribution in [1.29, 1.82) is 0 Å². The van der Waals surface area contributed by atoms with Crippen molar-refractivity contribution in [3.8, 4) is 0 Å². The maximum Gasteiger partial charge on any atom is 0.0726 e. The molecule has 0 aromatic carbocycles. The smallest absolute Gasteiger partial charge is 0.0726 e. The zero-order chi connectivity index (χ0) is 11.6. The molecule has 0 atom stereocenters. The highest BCUT2D eigenvalue weighted by Gasteiger charge is 1.97. The van der Waals surface area contributed by atoms with E-state index in [4.69, 9.17) is 4.74 Å². The SMILES string of the molecule is CCSCCCNc1cnn(CCOC)c1. The molecule has 0 radical (unpaired) electrons. The first-order chi connectivity index (χ1) is 7.86. The first kappa shape index (κ1) is 13.4. The van der Waals surface area contributed by atoms with Crippen molar-refractivity contribution < 1.29 is 4.74 Å². The Labute approximate surface area is 102 Å². The summed E-state index contributed by atoms with van der Waals surface area (Å²) in [6, 6.07) is 0. The molecule has 16 heavy (non-hydrogen) atoms. The Morgan fingerprint density at radius 1 is 1.56 bits per heavy atom. The van der Waals surface area contributed by atoms with Crippen LogP contribution in [0.2, 0.25) is 0 Å². The fourth-order valence-corrected chi connectivity index (χ4v) is 1.95. The molecule has 0 fully saturated rings. The number of hydrogen-bond acceptors (Lipinski definition) is 4. The zero-order valence-corrected chi connectivity index (χ0v) is 10.9. The van der Waals surface area contributed by atoms with E-state index in [-0.39, 0.29) is 0 Å². The molecule has 4 nitrogen and oxygen atoms in total. The van der Waals surface area contributed by atoms with E-state index in [0.717, 1.165) is 18.8 Å². The molecule has 0 bridgehead atoms. The Balaban J connectivity index is 2.14. The predicted octanol–water partition coefficient (Wildman–Crippen LogP) is 2.08. The largest absolute Gasteiger partial charge is 0.383 e. The van der Waals surface area contributed by atoms with Gasteiger partial charge in [0.15, 0.2) is 0 Å². The first-order valence-electron chi connectivity index (χ1n) is 5.69. The van der Waals surface area contributed by atoms with Crippen LogP contribution in [0.15, 0.2) is 12.4 Å². The molecule has 0 aliphatic heterocycles. The maximum absolute atomic E-state index is 5.00. The lowest BCUT2D eigenvalue weighted by atomic mass is 10.4. The molecule has 0 aliphatic rings. The second kappa shape index (κ2) is 8.47. The van der Waals surface area contributed by atoms with E-state index in [1.165, 1.54) is 17.9 Å². The van der Waals surface area contributed by atoms with Crippen molar-refractivity contribution in [3.63, 3.8) is 0 Å². The average molecular weight is 243 g/mol. The van der Waals surface area contributed by atoms with Crippen molar-refractivity contribution in [2.45, 2.75) is 19.9 Å². The molecule has 1 heterocycles. The van der Waals surface area contributed by atoms with Gasteiger partial charge in [0.05, 0.1) is 25.0 Å². The minimum Gasteiger partial charge on any atom is -0.383 e. The van der Waals surface area contributed by atoms with Crippen LogP contribution in [0, 0.1) is 0 Å². The van der Waals surface area contributed by atoms with Crippen molar-refractivity contribution in [3.05, 3.63) is 12.4 Å². The van der Waals surface area contributed by atoms with E-state index in [1.807, 2.05) is 28.8 Å². The molecule has 0 saturated carbocycles. The molecule has 0 aliphatic carbocycles. The first-order valence-corrected chi connectivity index (χ1v) is 6.85. The number of ether oxygens (including phenoxy) is 1. The summed E-state index contributed by atoms with van der Waals surface area (Å²) in [6.07, 6.45) is 5.08. The third kappa shape index (κ3) is 5.42. The number of thioether (sulfide) groups is 1. The van der Waals surface area contributed by atoms with Crippen LogP contribution in [0.4, 0.5) is 5.69 Å². The summed E-state index contributed by atoms with van der Waals surface area (Å²) in [4.78, 5) is 0. The van der Waals surface area contributed by atoms with E-state index in [1.54, 1.807) is 7.11 Å². The lowest BCUT2D eigenvalue weighted by molar-refractivity contribution is 0.183. The predicted molar refractivity (Wildman–Crippen MR) is 70.2 cm³/mol. The molecule has 0 saturated heterocycles. The Morgan fingerprint density at radius 2 is 2.44 bits per heavy atom. The lowest BCUT2D eigenvalue weighted by Gasteiger charge is -2.02. The van der Waals surface area contributed by atoms with Gasteiger partial charge < -0.3 is 10.1 Å². The quantitative estimate of drug-likeness (QED) is 0.674. The third-order valence-corrected chi connectivity index (χ3v) is 3.14. The van der Waals surface area contributed by atoms with Crippen LogP contribution in [0.1, 0.15) is 13.3 Å². The molecule has 0 unspecified atom stereocenters. The Hall–Kier alpha value is -0.680. The summed E-state index contributed by atoms with van der Waals surface area (Å²) >= 11 is 1.98. The Kier molecular flexibility index (Phi) is 7.09. The molecule has 1 N–H and O–H groups in total. The second-order valence-corrected chi connectivity index (χ2v) is 4.86. The van der Waals surface area contributed by atoms with Gasteiger partial charge in [-0.2, -0.15) is 16.9 Å². The summed E-state index contributed by atoms with van der Waals surface area (Å²) in [5.41, 5.74) is 1.10. The van der Waals surface area contributed by atoms with Crippen molar-refractivity contribution in [2.75, 3.05) is 37.1 Å². The van der Waals surface area contributed by atoms with Crippen LogP contribution < -0.4 is 5.32 Å². The number of rotatable bonds is 9. The van der Waals surface area contributed by atoms with Gasteiger partial charge in [0.2, 0.25) is 0 Å². The minimum atomic E-state index is 0.703. The van der Waals surface area contributed by atoms with E-state index >= 15 is 0 Å². The molecular formula is C11H21N3OS. The molecule has 0 amide bonds. The Morgan fingerprint density at radius 3 is 3.19 bits per heavy atom. The molecule has 0 spiro atoms. The number of anilines is 1. The van der Waals surface area contributed by atoms with Crippen molar-refractivity contribution >= 4 is 17.4 Å². The van der Waals surface area contributed by atoms with Crippen LogP contribution in [0.25, 0.3) is 0 Å². The van der Waals surface area contributed by atoms with Crippen molar-refractivity contribution in [2.24, 2.45) is 0 Å². The Bertz CT molecular complexity index is 278. The van der Waals surface area contributed by atoms with Gasteiger partial charge in [-0.3, -0.25) is 4.68 Å².